The summed E-state index contributed by atoms with van der Waals surface area (Å²) in [5.41, 5.74) is 3.59. The smallest absolute Gasteiger partial charge is 0.263 e. The number of para-hydroxylation sites is 1. The number of thioether (sulfide) groups is 1. The van der Waals surface area contributed by atoms with Crippen LogP contribution in [0, 0.1) is 0 Å². The van der Waals surface area contributed by atoms with Gasteiger partial charge in [-0.3, -0.25) is 9.69 Å². The Kier molecular flexibility index (Phi) is 3.90. The molecule has 0 N–H and O–H groups in total. The molecule has 0 spiro atoms. The standard InChI is InChI=1S/C19H17NOS/c1-13(2)18(15-9-5-4-6-10-15)19(21)20-14(3)22-17-12-8-7-11-16(17)20/h4-12H,3H2,1-2H3. The lowest BCUT2D eigenvalue weighted by atomic mass is 10.00. The lowest BCUT2D eigenvalue weighted by Crippen LogP contribution is -2.27. The number of hydrogen-bond acceptors (Lipinski definition) is 2. The molecule has 1 amide bonds. The predicted molar refractivity (Wildman–Crippen MR) is 93.6 cm³/mol. The van der Waals surface area contributed by atoms with Crippen molar-refractivity contribution in [3.05, 3.63) is 77.3 Å². The Labute approximate surface area is 135 Å². The zero-order valence-corrected chi connectivity index (χ0v) is 13.5. The second-order valence-corrected chi connectivity index (χ2v) is 6.46. The lowest BCUT2D eigenvalue weighted by molar-refractivity contribution is -0.112. The number of fused-ring (bicyclic) bond motifs is 1. The molecule has 1 aliphatic heterocycles. The summed E-state index contributed by atoms with van der Waals surface area (Å²) in [4.78, 5) is 15.9. The molecule has 0 saturated carbocycles. The zero-order chi connectivity index (χ0) is 15.7. The van der Waals surface area contributed by atoms with E-state index in [0.717, 1.165) is 32.3 Å². The van der Waals surface area contributed by atoms with Crippen LogP contribution in [0.5, 0.6) is 0 Å². The second kappa shape index (κ2) is 5.85. The van der Waals surface area contributed by atoms with Gasteiger partial charge in [-0.15, -0.1) is 0 Å². The van der Waals surface area contributed by atoms with E-state index in [4.69, 9.17) is 0 Å². The van der Waals surface area contributed by atoms with Crippen LogP contribution in [0.2, 0.25) is 0 Å². The average molecular weight is 307 g/mol. The quantitative estimate of drug-likeness (QED) is 0.720. The molecule has 0 unspecified atom stereocenters. The summed E-state index contributed by atoms with van der Waals surface area (Å²) in [5, 5.41) is 0.751. The molecule has 0 radical (unpaired) electrons. The molecule has 2 aromatic rings. The van der Waals surface area contributed by atoms with Crippen LogP contribution >= 0.6 is 11.8 Å². The van der Waals surface area contributed by atoms with Crippen molar-refractivity contribution in [2.45, 2.75) is 18.7 Å². The number of amides is 1. The summed E-state index contributed by atoms with van der Waals surface area (Å²) < 4.78 is 0. The Balaban J connectivity index is 2.07. The van der Waals surface area contributed by atoms with E-state index >= 15 is 0 Å². The van der Waals surface area contributed by atoms with Crippen molar-refractivity contribution < 1.29 is 4.79 Å². The fourth-order valence-electron chi connectivity index (χ4n) is 2.60. The third kappa shape index (κ3) is 2.48. The fraction of sp³-hybridized carbons (Fsp3) is 0.105. The number of rotatable bonds is 2. The molecule has 0 fully saturated rings. The van der Waals surface area contributed by atoms with Crippen LogP contribution < -0.4 is 4.90 Å². The number of nitrogens with zero attached hydrogens (tertiary/aromatic N) is 1. The molecule has 1 aliphatic rings. The minimum absolute atomic E-state index is 0.0198. The van der Waals surface area contributed by atoms with Gasteiger partial charge in [-0.05, 0) is 31.5 Å². The number of allylic oxidation sites excluding steroid dienone is 1. The average Bonchev–Trinajstić information content (AvgIpc) is 2.83. The van der Waals surface area contributed by atoms with Crippen LogP contribution in [-0.2, 0) is 4.79 Å². The minimum atomic E-state index is -0.0198. The SMILES string of the molecule is C=C1Sc2ccccc2N1C(=O)C(=C(C)C)c1ccccc1. The molecule has 0 bridgehead atoms. The van der Waals surface area contributed by atoms with Crippen LogP contribution in [0.1, 0.15) is 19.4 Å². The van der Waals surface area contributed by atoms with Gasteiger partial charge in [0, 0.05) is 10.5 Å². The number of carbonyl (C=O) groups is 1. The monoisotopic (exact) mass is 307 g/mol. The van der Waals surface area contributed by atoms with Crippen molar-refractivity contribution in [1.82, 2.24) is 0 Å². The van der Waals surface area contributed by atoms with Crippen molar-refractivity contribution >= 4 is 28.9 Å². The van der Waals surface area contributed by atoms with Gasteiger partial charge < -0.3 is 0 Å². The van der Waals surface area contributed by atoms with Gasteiger partial charge in [0.1, 0.15) is 0 Å². The highest BCUT2D eigenvalue weighted by atomic mass is 32.2. The Morgan fingerprint density at radius 2 is 1.64 bits per heavy atom. The van der Waals surface area contributed by atoms with Gasteiger partial charge in [0.2, 0.25) is 0 Å². The first kappa shape index (κ1) is 14.7. The third-order valence-electron chi connectivity index (χ3n) is 3.56. The molecule has 0 aliphatic carbocycles. The normalized spacial score (nSPS) is 13.0. The minimum Gasteiger partial charge on any atom is -0.270 e. The highest BCUT2D eigenvalue weighted by molar-refractivity contribution is 8.03. The van der Waals surface area contributed by atoms with Gasteiger partial charge in [-0.1, -0.05) is 66.4 Å². The topological polar surface area (TPSA) is 20.3 Å². The van der Waals surface area contributed by atoms with Crippen LogP contribution in [0.15, 0.2) is 76.7 Å². The van der Waals surface area contributed by atoms with Gasteiger partial charge in [-0.25, -0.2) is 0 Å². The Hall–Kier alpha value is -2.26. The van der Waals surface area contributed by atoms with E-state index in [1.807, 2.05) is 68.4 Å². The van der Waals surface area contributed by atoms with E-state index in [0.29, 0.717) is 0 Å². The Morgan fingerprint density at radius 1 is 1.00 bits per heavy atom. The second-order valence-electron chi connectivity index (χ2n) is 5.35. The van der Waals surface area contributed by atoms with Gasteiger partial charge in [0.25, 0.3) is 5.91 Å². The number of benzene rings is 2. The zero-order valence-electron chi connectivity index (χ0n) is 12.7. The van der Waals surface area contributed by atoms with Gasteiger partial charge in [-0.2, -0.15) is 0 Å². The van der Waals surface area contributed by atoms with E-state index in [9.17, 15) is 4.79 Å². The maximum absolute atomic E-state index is 13.2. The number of hydrogen-bond donors (Lipinski definition) is 0. The van der Waals surface area contributed by atoms with Crippen molar-refractivity contribution in [3.8, 4) is 0 Å². The van der Waals surface area contributed by atoms with Crippen molar-refractivity contribution in [2.24, 2.45) is 0 Å². The maximum Gasteiger partial charge on any atom is 0.263 e. The summed E-state index contributed by atoms with van der Waals surface area (Å²) >= 11 is 1.54. The molecule has 110 valence electrons. The van der Waals surface area contributed by atoms with E-state index < -0.39 is 0 Å². The number of anilines is 1. The predicted octanol–water partition coefficient (Wildman–Crippen LogP) is 5.09. The summed E-state index contributed by atoms with van der Waals surface area (Å²) in [6, 6.07) is 17.7. The molecule has 2 nitrogen and oxygen atoms in total. The number of carbonyl (C=O) groups excluding carboxylic acids is 1. The highest BCUT2D eigenvalue weighted by Crippen LogP contribution is 2.46. The Bertz CT molecular complexity index is 773. The van der Waals surface area contributed by atoms with E-state index in [-0.39, 0.29) is 5.91 Å². The molecule has 1 heterocycles. The molecular weight excluding hydrogens is 290 g/mol. The Morgan fingerprint density at radius 3 is 2.32 bits per heavy atom. The first-order valence-corrected chi connectivity index (χ1v) is 7.94. The highest BCUT2D eigenvalue weighted by Gasteiger charge is 2.31. The lowest BCUT2D eigenvalue weighted by Gasteiger charge is -2.20. The summed E-state index contributed by atoms with van der Waals surface area (Å²) in [6.45, 7) is 7.99. The maximum atomic E-state index is 13.2. The van der Waals surface area contributed by atoms with Crippen molar-refractivity contribution in [1.29, 1.82) is 0 Å². The molecular formula is C19H17NOS. The van der Waals surface area contributed by atoms with E-state index in [2.05, 4.69) is 6.58 Å². The molecule has 0 aromatic heterocycles. The largest absolute Gasteiger partial charge is 0.270 e. The van der Waals surface area contributed by atoms with Crippen molar-refractivity contribution in [3.63, 3.8) is 0 Å². The molecule has 0 atom stereocenters. The van der Waals surface area contributed by atoms with E-state index in [1.165, 1.54) is 11.8 Å². The van der Waals surface area contributed by atoms with Gasteiger partial charge >= 0.3 is 0 Å². The first-order valence-electron chi connectivity index (χ1n) is 7.12. The first-order chi connectivity index (χ1) is 10.6. The van der Waals surface area contributed by atoms with E-state index in [1.54, 1.807) is 4.90 Å². The van der Waals surface area contributed by atoms with Crippen LogP contribution in [0.3, 0.4) is 0 Å². The molecule has 0 saturated heterocycles. The fourth-order valence-corrected chi connectivity index (χ4v) is 3.54. The summed E-state index contributed by atoms with van der Waals surface area (Å²) in [6.07, 6.45) is 0. The third-order valence-corrected chi connectivity index (χ3v) is 4.55. The molecule has 22 heavy (non-hydrogen) atoms. The molecule has 3 rings (SSSR count). The van der Waals surface area contributed by atoms with Crippen LogP contribution in [0.25, 0.3) is 5.57 Å². The van der Waals surface area contributed by atoms with Crippen molar-refractivity contribution in [2.75, 3.05) is 4.90 Å². The molecule has 2 aromatic carbocycles. The van der Waals surface area contributed by atoms with Gasteiger partial charge in [0.15, 0.2) is 0 Å². The van der Waals surface area contributed by atoms with Gasteiger partial charge in [0.05, 0.1) is 10.7 Å². The van der Waals surface area contributed by atoms with Crippen LogP contribution in [-0.4, -0.2) is 5.91 Å². The summed E-state index contributed by atoms with van der Waals surface area (Å²) in [7, 11) is 0. The summed E-state index contributed by atoms with van der Waals surface area (Å²) in [5.74, 6) is -0.0198. The van der Waals surface area contributed by atoms with Crippen LogP contribution in [0.4, 0.5) is 5.69 Å². The molecule has 3 heteroatoms.